The normalized spacial score (nSPS) is 29.8. The number of nitrogens with one attached hydrogen (secondary N) is 1. The average Bonchev–Trinajstić information content (AvgIpc) is 2.85. The molecule has 2 aliphatic rings. The van der Waals surface area contributed by atoms with Crippen molar-refractivity contribution in [2.24, 2.45) is 5.92 Å². The van der Waals surface area contributed by atoms with E-state index in [9.17, 15) is 15.0 Å². The summed E-state index contributed by atoms with van der Waals surface area (Å²) in [4.78, 5) is 17.9. The van der Waals surface area contributed by atoms with Crippen molar-refractivity contribution in [1.82, 2.24) is 9.88 Å². The second kappa shape index (κ2) is 6.06. The van der Waals surface area contributed by atoms with E-state index in [4.69, 9.17) is 0 Å². The first kappa shape index (κ1) is 16.5. The van der Waals surface area contributed by atoms with Crippen LogP contribution in [-0.2, 0) is 11.2 Å². The number of H-pyrrole nitrogens is 1. The summed E-state index contributed by atoms with van der Waals surface area (Å²) in [6, 6.07) is 5.09. The van der Waals surface area contributed by atoms with Crippen molar-refractivity contribution in [3.05, 3.63) is 29.5 Å². The van der Waals surface area contributed by atoms with Crippen molar-refractivity contribution in [2.45, 2.75) is 57.5 Å². The van der Waals surface area contributed by atoms with Crippen molar-refractivity contribution in [3.8, 4) is 5.75 Å². The van der Waals surface area contributed by atoms with Crippen LogP contribution >= 0.6 is 0 Å². The van der Waals surface area contributed by atoms with Crippen LogP contribution in [0.25, 0.3) is 10.9 Å². The van der Waals surface area contributed by atoms with Gasteiger partial charge in [-0.25, -0.2) is 0 Å². The quantitative estimate of drug-likeness (QED) is 0.781. The highest BCUT2D eigenvalue weighted by molar-refractivity contribution is 5.87. The van der Waals surface area contributed by atoms with Crippen molar-refractivity contribution in [2.75, 3.05) is 6.54 Å². The van der Waals surface area contributed by atoms with E-state index in [1.807, 2.05) is 6.07 Å². The van der Waals surface area contributed by atoms with E-state index >= 15 is 0 Å². The first-order valence-electron chi connectivity index (χ1n) is 9.33. The Morgan fingerprint density at radius 2 is 2.16 bits per heavy atom. The SMILES string of the molecule is CCN1C(C(=O)O)Cc2c([nH]c3ccc(O)cc23)C2CCCC(C)C21. The minimum atomic E-state index is -0.749. The number of fused-ring (bicyclic) bond motifs is 5. The molecule has 0 saturated heterocycles. The summed E-state index contributed by atoms with van der Waals surface area (Å²) in [5.41, 5.74) is 3.27. The molecule has 4 unspecified atom stereocenters. The summed E-state index contributed by atoms with van der Waals surface area (Å²) in [5.74, 6) is 0.288. The maximum Gasteiger partial charge on any atom is 0.321 e. The molecule has 25 heavy (non-hydrogen) atoms. The molecule has 1 saturated carbocycles. The number of phenolic OH excluding ortho intramolecular Hbond substituents is 1. The highest BCUT2D eigenvalue weighted by Gasteiger charge is 2.44. The molecule has 1 aromatic carbocycles. The third-order valence-corrected chi connectivity index (χ3v) is 6.29. The van der Waals surface area contributed by atoms with Crippen LogP contribution in [0, 0.1) is 5.92 Å². The number of benzene rings is 1. The van der Waals surface area contributed by atoms with Crippen LogP contribution in [0.5, 0.6) is 5.75 Å². The van der Waals surface area contributed by atoms with Crippen LogP contribution in [0.3, 0.4) is 0 Å². The Labute approximate surface area is 147 Å². The van der Waals surface area contributed by atoms with E-state index in [0.29, 0.717) is 18.3 Å². The minimum absolute atomic E-state index is 0.228. The van der Waals surface area contributed by atoms with Gasteiger partial charge in [0.2, 0.25) is 0 Å². The van der Waals surface area contributed by atoms with Gasteiger partial charge in [-0.1, -0.05) is 20.3 Å². The molecular weight excluding hydrogens is 316 g/mol. The zero-order chi connectivity index (χ0) is 17.7. The molecule has 4 rings (SSSR count). The molecule has 1 aromatic heterocycles. The zero-order valence-electron chi connectivity index (χ0n) is 14.8. The number of carbonyl (C=O) groups is 1. The lowest BCUT2D eigenvalue weighted by Gasteiger charge is -2.44. The molecule has 1 aliphatic heterocycles. The maximum atomic E-state index is 12.1. The van der Waals surface area contributed by atoms with E-state index in [2.05, 4.69) is 23.7 Å². The third-order valence-electron chi connectivity index (χ3n) is 6.29. The lowest BCUT2D eigenvalue weighted by molar-refractivity contribution is -0.145. The van der Waals surface area contributed by atoms with E-state index in [1.165, 1.54) is 12.1 Å². The van der Waals surface area contributed by atoms with E-state index < -0.39 is 12.0 Å². The predicted octanol–water partition coefficient (Wildman–Crippen LogP) is 3.48. The number of aromatic nitrogens is 1. The molecule has 4 atom stereocenters. The highest BCUT2D eigenvalue weighted by atomic mass is 16.4. The third kappa shape index (κ3) is 2.53. The topological polar surface area (TPSA) is 76.6 Å². The van der Waals surface area contributed by atoms with Crippen LogP contribution in [-0.4, -0.2) is 44.7 Å². The number of carboxylic acid groups (broad SMARTS) is 1. The Hall–Kier alpha value is -2.01. The fourth-order valence-electron chi connectivity index (χ4n) is 5.24. The second-order valence-corrected chi connectivity index (χ2v) is 7.64. The molecule has 1 fully saturated rings. The number of carboxylic acids is 1. The van der Waals surface area contributed by atoms with Gasteiger partial charge in [-0.15, -0.1) is 0 Å². The molecule has 5 nitrogen and oxygen atoms in total. The van der Waals surface area contributed by atoms with Crippen LogP contribution in [0.4, 0.5) is 0 Å². The number of aliphatic carboxylic acids is 1. The van der Waals surface area contributed by atoms with Gasteiger partial charge in [0.05, 0.1) is 0 Å². The number of phenols is 1. The number of hydrogen-bond acceptors (Lipinski definition) is 3. The van der Waals surface area contributed by atoms with Gasteiger partial charge < -0.3 is 15.2 Å². The standard InChI is InChI=1S/C20H26N2O3/c1-3-22-17(20(24)25)10-15-14-9-12(23)7-8-16(14)21-18(15)13-6-4-5-11(2)19(13)22/h7-9,11,13,17,19,21,23H,3-6,10H2,1-2H3,(H,24,25). The fraction of sp³-hybridized carbons (Fsp3) is 0.550. The van der Waals surface area contributed by atoms with Crippen molar-refractivity contribution in [1.29, 1.82) is 0 Å². The Balaban J connectivity index is 1.94. The smallest absolute Gasteiger partial charge is 0.321 e. The average molecular weight is 342 g/mol. The maximum absolute atomic E-state index is 12.1. The van der Waals surface area contributed by atoms with Crippen LogP contribution in [0.1, 0.15) is 50.3 Å². The lowest BCUT2D eigenvalue weighted by Crippen LogP contribution is -2.52. The fourth-order valence-corrected chi connectivity index (χ4v) is 5.24. The molecular formula is C20H26N2O3. The van der Waals surface area contributed by atoms with Gasteiger partial charge in [0.1, 0.15) is 11.8 Å². The van der Waals surface area contributed by atoms with Crippen molar-refractivity contribution < 1.29 is 15.0 Å². The largest absolute Gasteiger partial charge is 0.508 e. The summed E-state index contributed by atoms with van der Waals surface area (Å²) < 4.78 is 0. The predicted molar refractivity (Wildman–Crippen MR) is 97.0 cm³/mol. The van der Waals surface area contributed by atoms with Gasteiger partial charge in [-0.05, 0) is 49.1 Å². The molecule has 0 radical (unpaired) electrons. The number of nitrogens with zero attached hydrogens (tertiary/aromatic N) is 1. The Morgan fingerprint density at radius 3 is 2.88 bits per heavy atom. The van der Waals surface area contributed by atoms with Gasteiger partial charge in [-0.2, -0.15) is 0 Å². The Kier molecular flexibility index (Phi) is 3.99. The molecule has 2 aromatic rings. The molecule has 5 heteroatoms. The van der Waals surface area contributed by atoms with E-state index in [1.54, 1.807) is 12.1 Å². The molecule has 0 amide bonds. The molecule has 0 bridgehead atoms. The number of aromatic hydroxyl groups is 1. The highest BCUT2D eigenvalue weighted by Crippen LogP contribution is 2.45. The van der Waals surface area contributed by atoms with Crippen LogP contribution in [0.2, 0.25) is 0 Å². The first-order chi connectivity index (χ1) is 12.0. The van der Waals surface area contributed by atoms with Crippen LogP contribution < -0.4 is 0 Å². The Bertz CT molecular complexity index is 813. The Morgan fingerprint density at radius 1 is 1.36 bits per heavy atom. The molecule has 0 spiro atoms. The number of rotatable bonds is 2. The lowest BCUT2D eigenvalue weighted by atomic mass is 9.75. The first-order valence-corrected chi connectivity index (χ1v) is 9.33. The molecule has 134 valence electrons. The summed E-state index contributed by atoms with van der Waals surface area (Å²) >= 11 is 0. The van der Waals surface area contributed by atoms with Gasteiger partial charge >= 0.3 is 5.97 Å². The van der Waals surface area contributed by atoms with Crippen molar-refractivity contribution >= 4 is 16.9 Å². The summed E-state index contributed by atoms with van der Waals surface area (Å²) in [5, 5.41) is 20.8. The number of likely N-dealkylation sites (N-methyl/N-ethyl adjacent to an activating group) is 1. The number of aromatic amines is 1. The van der Waals surface area contributed by atoms with Crippen molar-refractivity contribution in [3.63, 3.8) is 0 Å². The molecule has 2 heterocycles. The summed E-state index contributed by atoms with van der Waals surface area (Å²) in [6.45, 7) is 5.08. The summed E-state index contributed by atoms with van der Waals surface area (Å²) in [6.07, 6.45) is 3.91. The summed E-state index contributed by atoms with van der Waals surface area (Å²) in [7, 11) is 0. The molecule has 3 N–H and O–H groups in total. The zero-order valence-corrected chi connectivity index (χ0v) is 14.8. The second-order valence-electron chi connectivity index (χ2n) is 7.64. The number of hydrogen-bond donors (Lipinski definition) is 3. The monoisotopic (exact) mass is 342 g/mol. The van der Waals surface area contributed by atoms with Gasteiger partial charge in [-0.3, -0.25) is 9.69 Å². The van der Waals surface area contributed by atoms with E-state index in [-0.39, 0.29) is 11.8 Å². The van der Waals surface area contributed by atoms with E-state index in [0.717, 1.165) is 35.9 Å². The van der Waals surface area contributed by atoms with Gasteiger partial charge in [0, 0.05) is 35.0 Å². The van der Waals surface area contributed by atoms with Gasteiger partial charge in [0.25, 0.3) is 0 Å². The minimum Gasteiger partial charge on any atom is -0.508 e. The van der Waals surface area contributed by atoms with Crippen LogP contribution in [0.15, 0.2) is 18.2 Å². The molecule has 1 aliphatic carbocycles. The van der Waals surface area contributed by atoms with Gasteiger partial charge in [0.15, 0.2) is 0 Å².